The number of fused-ring (bicyclic) bond motifs is 1. The van der Waals surface area contributed by atoms with Gasteiger partial charge in [0.15, 0.2) is 5.65 Å². The van der Waals surface area contributed by atoms with Crippen LogP contribution in [0, 0.1) is 20.8 Å². The Bertz CT molecular complexity index is 2390. The fraction of sp³-hybridized carbons (Fsp3) is 0.297. The Labute approximate surface area is 313 Å². The summed E-state index contributed by atoms with van der Waals surface area (Å²) in [6, 6.07) is 13.9. The van der Waals surface area contributed by atoms with Gasteiger partial charge in [-0.1, -0.05) is 57.8 Å². The number of rotatable bonds is 7. The third-order valence-electron chi connectivity index (χ3n) is 9.98. The van der Waals surface area contributed by atoms with E-state index < -0.39 is 6.04 Å². The van der Waals surface area contributed by atoms with Crippen LogP contribution in [0.5, 0.6) is 0 Å². The zero-order valence-electron chi connectivity index (χ0n) is 29.1. The SMILES string of the molecule is Cc1cc(C)n2ncc(C(=O)Nc3ccc(-c4cn(C5CCN(C6CCN(C(=O)c7c(-c8cccc(Cl)c8Cl)noc7C)CC6)C5=O)nn4)cc3)c2n1. The molecule has 2 aliphatic rings. The summed E-state index contributed by atoms with van der Waals surface area (Å²) in [5.41, 5.74) is 5.84. The zero-order chi connectivity index (χ0) is 37.0. The Hall–Kier alpha value is -5.60. The lowest BCUT2D eigenvalue weighted by Crippen LogP contribution is -2.47. The van der Waals surface area contributed by atoms with Crippen molar-refractivity contribution in [3.05, 3.63) is 99.2 Å². The van der Waals surface area contributed by atoms with E-state index in [4.69, 9.17) is 27.7 Å². The molecule has 6 aromatic rings. The highest BCUT2D eigenvalue weighted by molar-refractivity contribution is 6.43. The van der Waals surface area contributed by atoms with Crippen LogP contribution in [-0.2, 0) is 4.79 Å². The number of anilines is 1. The molecule has 53 heavy (non-hydrogen) atoms. The summed E-state index contributed by atoms with van der Waals surface area (Å²) < 4.78 is 8.70. The van der Waals surface area contributed by atoms with Crippen molar-refractivity contribution in [3.63, 3.8) is 0 Å². The lowest BCUT2D eigenvalue weighted by molar-refractivity contribution is -0.133. The van der Waals surface area contributed by atoms with Crippen molar-refractivity contribution < 1.29 is 18.9 Å². The molecule has 1 N–H and O–H groups in total. The largest absolute Gasteiger partial charge is 0.360 e. The summed E-state index contributed by atoms with van der Waals surface area (Å²) in [5, 5.41) is 20.7. The second kappa shape index (κ2) is 13.7. The van der Waals surface area contributed by atoms with Crippen LogP contribution in [0.1, 0.15) is 63.2 Å². The predicted molar refractivity (Wildman–Crippen MR) is 197 cm³/mol. The van der Waals surface area contributed by atoms with Gasteiger partial charge in [0.2, 0.25) is 5.91 Å². The summed E-state index contributed by atoms with van der Waals surface area (Å²) in [6.45, 7) is 7.04. The van der Waals surface area contributed by atoms with Gasteiger partial charge in [-0.15, -0.1) is 5.10 Å². The van der Waals surface area contributed by atoms with E-state index in [2.05, 4.69) is 30.9 Å². The highest BCUT2D eigenvalue weighted by atomic mass is 35.5. The van der Waals surface area contributed by atoms with Crippen molar-refractivity contribution in [1.82, 2.24) is 44.5 Å². The molecule has 2 aliphatic heterocycles. The molecule has 6 heterocycles. The van der Waals surface area contributed by atoms with Crippen molar-refractivity contribution in [2.45, 2.75) is 52.1 Å². The van der Waals surface area contributed by atoms with Crippen molar-refractivity contribution >= 4 is 52.3 Å². The minimum Gasteiger partial charge on any atom is -0.360 e. The van der Waals surface area contributed by atoms with E-state index in [0.717, 1.165) is 17.0 Å². The maximum Gasteiger partial charge on any atom is 0.261 e. The normalized spacial score (nSPS) is 16.5. The second-order valence-corrected chi connectivity index (χ2v) is 14.2. The van der Waals surface area contributed by atoms with Crippen LogP contribution in [-0.4, -0.2) is 87.9 Å². The summed E-state index contributed by atoms with van der Waals surface area (Å²) >= 11 is 12.7. The van der Waals surface area contributed by atoms with E-state index in [1.165, 1.54) is 6.20 Å². The summed E-state index contributed by atoms with van der Waals surface area (Å²) in [7, 11) is 0. The molecule has 2 aromatic carbocycles. The summed E-state index contributed by atoms with van der Waals surface area (Å²) in [5.74, 6) is -0.113. The Morgan fingerprint density at radius 1 is 0.981 bits per heavy atom. The maximum atomic E-state index is 13.7. The van der Waals surface area contributed by atoms with Crippen molar-refractivity contribution in [3.8, 4) is 22.5 Å². The van der Waals surface area contributed by atoms with Gasteiger partial charge in [-0.3, -0.25) is 14.4 Å². The van der Waals surface area contributed by atoms with Gasteiger partial charge in [0.1, 0.15) is 34.3 Å². The fourth-order valence-electron chi connectivity index (χ4n) is 7.24. The lowest BCUT2D eigenvalue weighted by atomic mass is 10.0. The van der Waals surface area contributed by atoms with Gasteiger partial charge in [0.05, 0.1) is 22.4 Å². The minimum absolute atomic E-state index is 0.00252. The molecule has 3 amide bonds. The molecule has 0 radical (unpaired) electrons. The van der Waals surface area contributed by atoms with Crippen LogP contribution in [0.2, 0.25) is 10.0 Å². The Kier molecular flexibility index (Phi) is 8.95. The molecular weight excluding hydrogens is 719 g/mol. The minimum atomic E-state index is -0.467. The average molecular weight is 754 g/mol. The first-order valence-electron chi connectivity index (χ1n) is 17.2. The van der Waals surface area contributed by atoms with Crippen LogP contribution in [0.15, 0.2) is 65.4 Å². The van der Waals surface area contributed by atoms with E-state index in [0.29, 0.717) is 94.1 Å². The van der Waals surface area contributed by atoms with Crippen LogP contribution in [0.4, 0.5) is 5.69 Å². The fourth-order valence-corrected chi connectivity index (χ4v) is 7.63. The number of nitrogens with one attached hydrogen (secondary N) is 1. The smallest absolute Gasteiger partial charge is 0.261 e. The Morgan fingerprint density at radius 3 is 2.53 bits per heavy atom. The van der Waals surface area contributed by atoms with Crippen molar-refractivity contribution in [2.75, 3.05) is 25.0 Å². The van der Waals surface area contributed by atoms with E-state index in [1.807, 2.05) is 36.9 Å². The van der Waals surface area contributed by atoms with Gasteiger partial charge in [0.25, 0.3) is 11.8 Å². The molecule has 0 bridgehead atoms. The lowest BCUT2D eigenvalue weighted by Gasteiger charge is -2.36. The quantitative estimate of drug-likeness (QED) is 0.200. The zero-order valence-corrected chi connectivity index (χ0v) is 30.6. The number of hydrogen-bond acceptors (Lipinski definition) is 9. The summed E-state index contributed by atoms with van der Waals surface area (Å²) in [4.78, 5) is 48.7. The maximum absolute atomic E-state index is 13.7. The predicted octanol–water partition coefficient (Wildman–Crippen LogP) is 6.21. The third-order valence-corrected chi connectivity index (χ3v) is 10.8. The van der Waals surface area contributed by atoms with Crippen molar-refractivity contribution in [1.29, 1.82) is 0 Å². The number of likely N-dealkylation sites (tertiary alicyclic amines) is 2. The third kappa shape index (κ3) is 6.31. The number of hydrogen-bond donors (Lipinski definition) is 1. The van der Waals surface area contributed by atoms with Crippen LogP contribution < -0.4 is 5.32 Å². The molecule has 1 unspecified atom stereocenters. The number of halogens is 2. The molecule has 1 atom stereocenters. The first kappa shape index (κ1) is 34.5. The van der Waals surface area contributed by atoms with Crippen LogP contribution >= 0.6 is 23.2 Å². The number of carbonyl (C=O) groups excluding carboxylic acids is 3. The van der Waals surface area contributed by atoms with E-state index >= 15 is 0 Å². The van der Waals surface area contributed by atoms with Gasteiger partial charge < -0.3 is 19.6 Å². The second-order valence-electron chi connectivity index (χ2n) is 13.4. The molecule has 14 nitrogen and oxygen atoms in total. The van der Waals surface area contributed by atoms with Gasteiger partial charge in [0, 0.05) is 53.9 Å². The number of aryl methyl sites for hydroxylation is 3. The monoisotopic (exact) mass is 752 g/mol. The highest BCUT2D eigenvalue weighted by Gasteiger charge is 2.40. The highest BCUT2D eigenvalue weighted by Crippen LogP contribution is 2.37. The molecule has 2 fully saturated rings. The van der Waals surface area contributed by atoms with Gasteiger partial charge >= 0.3 is 0 Å². The van der Waals surface area contributed by atoms with E-state index in [9.17, 15) is 14.4 Å². The topological polar surface area (TPSA) is 157 Å². The first-order valence-corrected chi connectivity index (χ1v) is 18.0. The van der Waals surface area contributed by atoms with Crippen LogP contribution in [0.25, 0.3) is 28.2 Å². The summed E-state index contributed by atoms with van der Waals surface area (Å²) in [6.07, 6.45) is 5.18. The number of carbonyl (C=O) groups is 3. The molecule has 0 spiro atoms. The van der Waals surface area contributed by atoms with Gasteiger partial charge in [-0.2, -0.15) is 5.10 Å². The Morgan fingerprint density at radius 2 is 1.75 bits per heavy atom. The van der Waals surface area contributed by atoms with E-state index in [-0.39, 0.29) is 23.8 Å². The average Bonchev–Trinajstić information content (AvgIpc) is 3.96. The molecule has 0 saturated carbocycles. The number of benzene rings is 2. The molecule has 2 saturated heterocycles. The van der Waals surface area contributed by atoms with Crippen molar-refractivity contribution in [2.24, 2.45) is 0 Å². The van der Waals surface area contributed by atoms with Gasteiger partial charge in [-0.25, -0.2) is 14.2 Å². The number of amides is 3. The number of piperidine rings is 1. The molecule has 16 heteroatoms. The molecule has 4 aromatic heterocycles. The van der Waals surface area contributed by atoms with Crippen LogP contribution in [0.3, 0.4) is 0 Å². The molecular formula is C37H34Cl2N10O4. The molecule has 8 rings (SSSR count). The Balaban J connectivity index is 0.886. The number of nitrogens with zero attached hydrogens (tertiary/aromatic N) is 9. The molecule has 0 aliphatic carbocycles. The van der Waals surface area contributed by atoms with E-state index in [1.54, 1.807) is 57.5 Å². The molecule has 270 valence electrons. The van der Waals surface area contributed by atoms with Gasteiger partial charge in [-0.05, 0) is 64.3 Å². The first-order chi connectivity index (χ1) is 25.6. The number of aromatic nitrogens is 7. The standard InChI is InChI=1S/C37H34Cl2N10O4/c1-20-17-21(2)49-34(41-20)27(18-40-49)35(50)42-24-9-7-23(8-10-24)29-19-48(45-43-29)30-13-16-47(36(30)51)25-11-14-46(15-12-25)37(52)31-22(3)53-44-33(31)26-5-4-6-28(38)32(26)39/h4-10,17-19,25,30H,11-16H2,1-3H3,(H,42,50).